The van der Waals surface area contributed by atoms with Crippen LogP contribution in [0.1, 0.15) is 30.7 Å². The molecule has 8 nitrogen and oxygen atoms in total. The second kappa shape index (κ2) is 6.10. The Balaban J connectivity index is 2.28. The van der Waals surface area contributed by atoms with Crippen molar-refractivity contribution in [1.82, 2.24) is 5.32 Å². The van der Waals surface area contributed by atoms with Gasteiger partial charge in [-0.1, -0.05) is 29.4 Å². The third kappa shape index (κ3) is 2.49. The maximum Gasteiger partial charge on any atom is 0.336 e. The summed E-state index contributed by atoms with van der Waals surface area (Å²) in [6.45, 7) is 0. The van der Waals surface area contributed by atoms with Crippen molar-refractivity contribution in [3.8, 4) is 0 Å². The van der Waals surface area contributed by atoms with Gasteiger partial charge in [0, 0.05) is 28.3 Å². The number of dihydropyridines is 1. The Kier molecular flexibility index (Phi) is 3.97. The molecule has 0 spiro atoms. The molecule has 3 rings (SSSR count). The van der Waals surface area contributed by atoms with Crippen molar-refractivity contribution in [3.05, 3.63) is 62.9 Å². The molecule has 1 aromatic rings. The smallest absolute Gasteiger partial charge is 0.336 e. The summed E-state index contributed by atoms with van der Waals surface area (Å²) < 4.78 is 0. The average Bonchev–Trinajstić information content (AvgIpc) is 2.54. The van der Waals surface area contributed by atoms with Crippen LogP contribution in [0.2, 0.25) is 0 Å². The highest BCUT2D eigenvalue weighted by atomic mass is 16.4. The first-order chi connectivity index (χ1) is 11.5. The molecule has 0 radical (unpaired) electrons. The lowest BCUT2D eigenvalue weighted by Gasteiger charge is -2.33. The predicted octanol–water partition coefficient (Wildman–Crippen LogP) is 2.58. The quantitative estimate of drug-likeness (QED) is 0.445. The lowest BCUT2D eigenvalue weighted by Crippen LogP contribution is -2.37. The van der Waals surface area contributed by atoms with Crippen LogP contribution in [0.25, 0.3) is 10.4 Å². The normalized spacial score (nSPS) is 20.2. The van der Waals surface area contributed by atoms with E-state index in [2.05, 4.69) is 15.3 Å². The second-order valence-electron chi connectivity index (χ2n) is 5.61. The van der Waals surface area contributed by atoms with Gasteiger partial charge >= 0.3 is 5.97 Å². The summed E-state index contributed by atoms with van der Waals surface area (Å²) in [6.07, 6.45) is 1.66. The van der Waals surface area contributed by atoms with Gasteiger partial charge in [-0.3, -0.25) is 4.79 Å². The Morgan fingerprint density at radius 1 is 1.38 bits per heavy atom. The number of hydrogen-bond donors (Lipinski definition) is 3. The molecule has 0 aromatic heterocycles. The molecule has 1 aromatic carbocycles. The average molecular weight is 325 g/mol. The van der Waals surface area contributed by atoms with E-state index in [0.29, 0.717) is 36.1 Å². The molecule has 0 bridgehead atoms. The number of benzene rings is 1. The zero-order chi connectivity index (χ0) is 17.3. The number of nitrogens with zero attached hydrogens (tertiary/aromatic N) is 3. The molecular weight excluding hydrogens is 310 g/mol. The van der Waals surface area contributed by atoms with E-state index in [1.54, 1.807) is 24.3 Å². The van der Waals surface area contributed by atoms with Gasteiger partial charge in [-0.2, -0.15) is 0 Å². The summed E-state index contributed by atoms with van der Waals surface area (Å²) >= 11 is 0. The van der Waals surface area contributed by atoms with Crippen LogP contribution in [0.3, 0.4) is 0 Å². The SMILES string of the molecule is [N-]=[N+]=Nc1ccccc1C1C(C(=O)O)=C(N)NC2=C1C(=O)CCC2. The molecule has 24 heavy (non-hydrogen) atoms. The minimum Gasteiger partial charge on any atom is -0.478 e. The molecule has 0 saturated carbocycles. The fraction of sp³-hybridized carbons (Fsp3) is 0.250. The second-order valence-corrected chi connectivity index (χ2v) is 5.61. The summed E-state index contributed by atoms with van der Waals surface area (Å²) in [5.74, 6) is -2.17. The highest BCUT2D eigenvalue weighted by Crippen LogP contribution is 2.44. The van der Waals surface area contributed by atoms with Gasteiger partial charge in [-0.15, -0.1) is 0 Å². The van der Waals surface area contributed by atoms with Crippen LogP contribution in [0.15, 0.2) is 52.0 Å². The number of carbonyl (C=O) groups is 2. The van der Waals surface area contributed by atoms with Crippen LogP contribution < -0.4 is 11.1 Å². The van der Waals surface area contributed by atoms with Crippen LogP contribution in [0, 0.1) is 0 Å². The number of Topliss-reactive ketones (excluding diaryl/α,β-unsaturated/α-hetero) is 1. The van der Waals surface area contributed by atoms with Crippen LogP contribution in [-0.2, 0) is 9.59 Å². The molecule has 1 aliphatic carbocycles. The Morgan fingerprint density at radius 3 is 2.83 bits per heavy atom. The first-order valence-corrected chi connectivity index (χ1v) is 7.44. The van der Waals surface area contributed by atoms with Crippen LogP contribution >= 0.6 is 0 Å². The van der Waals surface area contributed by atoms with Gasteiger partial charge in [0.2, 0.25) is 0 Å². The number of azide groups is 1. The minimum absolute atomic E-state index is 0.0108. The van der Waals surface area contributed by atoms with Crippen LogP contribution in [0.5, 0.6) is 0 Å². The van der Waals surface area contributed by atoms with Crippen molar-refractivity contribution in [2.75, 3.05) is 0 Å². The molecule has 1 heterocycles. The maximum atomic E-state index is 12.5. The van der Waals surface area contributed by atoms with Gasteiger partial charge in [0.25, 0.3) is 0 Å². The summed E-state index contributed by atoms with van der Waals surface area (Å²) in [6, 6.07) is 6.63. The van der Waals surface area contributed by atoms with Crippen molar-refractivity contribution in [3.63, 3.8) is 0 Å². The topological polar surface area (TPSA) is 141 Å². The molecule has 1 aliphatic heterocycles. The number of nitrogens with two attached hydrogens (primary N) is 1. The van der Waals surface area contributed by atoms with Crippen molar-refractivity contribution in [1.29, 1.82) is 0 Å². The first kappa shape index (κ1) is 15.6. The third-order valence-corrected chi connectivity index (χ3v) is 4.24. The number of nitrogens with one attached hydrogen (secondary N) is 1. The highest BCUT2D eigenvalue weighted by molar-refractivity contribution is 6.03. The van der Waals surface area contributed by atoms with Gasteiger partial charge in [0.15, 0.2) is 5.78 Å². The van der Waals surface area contributed by atoms with E-state index in [1.807, 2.05) is 0 Å². The number of carboxylic acids is 1. The molecule has 1 atom stereocenters. The Labute approximate surface area is 137 Å². The van der Waals surface area contributed by atoms with Crippen molar-refractivity contribution in [2.45, 2.75) is 25.2 Å². The zero-order valence-corrected chi connectivity index (χ0v) is 12.7. The minimum atomic E-state index is -1.22. The molecule has 0 fully saturated rings. The molecule has 8 heteroatoms. The summed E-state index contributed by atoms with van der Waals surface area (Å²) in [7, 11) is 0. The predicted molar refractivity (Wildman–Crippen MR) is 85.9 cm³/mol. The van der Waals surface area contributed by atoms with E-state index in [4.69, 9.17) is 11.3 Å². The van der Waals surface area contributed by atoms with E-state index in [0.717, 1.165) is 0 Å². The monoisotopic (exact) mass is 325 g/mol. The lowest BCUT2D eigenvalue weighted by atomic mass is 9.75. The Morgan fingerprint density at radius 2 is 2.12 bits per heavy atom. The van der Waals surface area contributed by atoms with E-state index < -0.39 is 11.9 Å². The largest absolute Gasteiger partial charge is 0.478 e. The van der Waals surface area contributed by atoms with E-state index >= 15 is 0 Å². The Hall–Kier alpha value is -3.25. The maximum absolute atomic E-state index is 12.5. The van der Waals surface area contributed by atoms with Gasteiger partial charge in [-0.05, 0) is 23.9 Å². The van der Waals surface area contributed by atoms with Gasteiger partial charge < -0.3 is 16.2 Å². The first-order valence-electron chi connectivity index (χ1n) is 7.44. The molecule has 0 amide bonds. The van der Waals surface area contributed by atoms with Crippen LogP contribution in [-0.4, -0.2) is 16.9 Å². The summed E-state index contributed by atoms with van der Waals surface area (Å²) in [5.41, 5.74) is 16.4. The van der Waals surface area contributed by atoms with Gasteiger partial charge in [-0.25, -0.2) is 4.79 Å². The van der Waals surface area contributed by atoms with Crippen molar-refractivity contribution >= 4 is 17.4 Å². The molecule has 122 valence electrons. The number of hydrogen-bond acceptors (Lipinski definition) is 5. The molecule has 1 unspecified atom stereocenters. The highest BCUT2D eigenvalue weighted by Gasteiger charge is 2.39. The lowest BCUT2D eigenvalue weighted by molar-refractivity contribution is -0.133. The zero-order valence-electron chi connectivity index (χ0n) is 12.7. The molecule has 0 saturated heterocycles. The van der Waals surface area contributed by atoms with E-state index in [-0.39, 0.29) is 22.9 Å². The Bertz CT molecular complexity index is 849. The molecular formula is C16H15N5O3. The molecule has 2 aliphatic rings. The number of aliphatic carboxylic acids is 1. The van der Waals surface area contributed by atoms with Gasteiger partial charge in [0.1, 0.15) is 5.82 Å². The van der Waals surface area contributed by atoms with Crippen molar-refractivity contribution < 1.29 is 14.7 Å². The number of allylic oxidation sites excluding steroid dienone is 2. The number of carboxylic acid groups (broad SMARTS) is 1. The number of ketones is 1. The van der Waals surface area contributed by atoms with Crippen LogP contribution in [0.4, 0.5) is 5.69 Å². The number of rotatable bonds is 3. The number of carbonyl (C=O) groups excluding carboxylic acids is 1. The van der Waals surface area contributed by atoms with E-state index in [1.165, 1.54) is 0 Å². The molecule has 4 N–H and O–H groups in total. The third-order valence-electron chi connectivity index (χ3n) is 4.24. The fourth-order valence-electron chi connectivity index (χ4n) is 3.28. The summed E-state index contributed by atoms with van der Waals surface area (Å²) in [4.78, 5) is 27.1. The van der Waals surface area contributed by atoms with Gasteiger partial charge in [0.05, 0.1) is 11.5 Å². The van der Waals surface area contributed by atoms with Crippen molar-refractivity contribution in [2.24, 2.45) is 10.8 Å². The summed E-state index contributed by atoms with van der Waals surface area (Å²) in [5, 5.41) is 16.1. The standard InChI is InChI=1S/C16H15N5O3/c17-15-14(16(23)24)12(8-4-1-2-5-9(8)20-21-18)13-10(19-15)6-3-7-11(13)22/h1-2,4-5,12,19H,3,6-7,17H2,(H,23,24). The van der Waals surface area contributed by atoms with E-state index in [9.17, 15) is 14.7 Å². The fourth-order valence-corrected chi connectivity index (χ4v) is 3.28.